The number of hydrogen-bond donors (Lipinski definition) is 0. The highest BCUT2D eigenvalue weighted by Crippen LogP contribution is 2.38. The number of halogens is 3. The Kier molecular flexibility index (Phi) is 4.55. The topological polar surface area (TPSA) is 49.2 Å². The normalized spacial score (nSPS) is 12.8. The van der Waals surface area contributed by atoms with Crippen molar-refractivity contribution in [1.29, 1.82) is 0 Å². The van der Waals surface area contributed by atoms with Gasteiger partial charge in [0, 0.05) is 16.1 Å². The van der Waals surface area contributed by atoms with Gasteiger partial charge in [-0.25, -0.2) is 18.4 Å². The molecule has 0 aliphatic carbocycles. The van der Waals surface area contributed by atoms with Gasteiger partial charge in [0.2, 0.25) is 6.79 Å². The largest absolute Gasteiger partial charge is 0.454 e. The van der Waals surface area contributed by atoms with Crippen LogP contribution in [0.1, 0.15) is 23.2 Å². The Morgan fingerprint density at radius 2 is 1.93 bits per heavy atom. The zero-order valence-corrected chi connectivity index (χ0v) is 16.7. The molecule has 0 radical (unpaired) electrons. The first-order valence-corrected chi connectivity index (χ1v) is 9.68. The van der Waals surface area contributed by atoms with Crippen LogP contribution in [0, 0.1) is 6.92 Å². The van der Waals surface area contributed by atoms with Gasteiger partial charge in [0.05, 0.1) is 23.3 Å². The van der Waals surface area contributed by atoms with Crippen molar-refractivity contribution >= 4 is 22.6 Å². The molecule has 152 valence electrons. The van der Waals surface area contributed by atoms with E-state index in [-0.39, 0.29) is 12.4 Å². The summed E-state index contributed by atoms with van der Waals surface area (Å²) in [6, 6.07) is 14.0. The van der Waals surface area contributed by atoms with E-state index in [1.165, 1.54) is 6.07 Å². The summed E-state index contributed by atoms with van der Waals surface area (Å²) >= 11 is 6.09. The molecule has 30 heavy (non-hydrogen) atoms. The molecular weight excluding hydrogens is 412 g/mol. The number of hydrogen-bond acceptors (Lipinski definition) is 4. The van der Waals surface area contributed by atoms with Gasteiger partial charge in [-0.05, 0) is 48.9 Å². The fourth-order valence-electron chi connectivity index (χ4n) is 3.68. The van der Waals surface area contributed by atoms with Gasteiger partial charge in [-0.2, -0.15) is 5.10 Å². The summed E-state index contributed by atoms with van der Waals surface area (Å²) in [7, 11) is 0. The molecule has 5 nitrogen and oxygen atoms in total. The van der Waals surface area contributed by atoms with E-state index in [0.29, 0.717) is 51.1 Å². The quantitative estimate of drug-likeness (QED) is 0.414. The van der Waals surface area contributed by atoms with Gasteiger partial charge in [-0.3, -0.25) is 0 Å². The zero-order valence-electron chi connectivity index (χ0n) is 15.9. The third-order valence-corrected chi connectivity index (χ3v) is 5.27. The molecule has 0 amide bonds. The first kappa shape index (κ1) is 18.8. The Morgan fingerprint density at radius 1 is 1.10 bits per heavy atom. The molecule has 8 heteroatoms. The van der Waals surface area contributed by atoms with Crippen molar-refractivity contribution in [2.24, 2.45) is 0 Å². The van der Waals surface area contributed by atoms with Crippen molar-refractivity contribution in [3.63, 3.8) is 0 Å². The van der Waals surface area contributed by atoms with Crippen molar-refractivity contribution in [1.82, 2.24) is 14.8 Å². The number of fused-ring (bicyclic) bond motifs is 2. The van der Waals surface area contributed by atoms with Crippen LogP contribution in [0.4, 0.5) is 8.78 Å². The van der Waals surface area contributed by atoms with Crippen molar-refractivity contribution in [3.05, 3.63) is 70.4 Å². The van der Waals surface area contributed by atoms with E-state index in [1.807, 2.05) is 18.2 Å². The number of alkyl halides is 2. The van der Waals surface area contributed by atoms with Crippen LogP contribution in [-0.4, -0.2) is 21.6 Å². The highest BCUT2D eigenvalue weighted by molar-refractivity contribution is 6.30. The van der Waals surface area contributed by atoms with Gasteiger partial charge >= 0.3 is 0 Å². The molecule has 2 aromatic heterocycles. The van der Waals surface area contributed by atoms with Crippen molar-refractivity contribution < 1.29 is 18.3 Å². The number of nitrogens with zero attached hydrogens (tertiary/aromatic N) is 3. The van der Waals surface area contributed by atoms with Crippen molar-refractivity contribution in [2.45, 2.75) is 19.9 Å². The number of aromatic nitrogens is 3. The van der Waals surface area contributed by atoms with E-state index in [0.717, 1.165) is 5.56 Å². The molecule has 0 saturated carbocycles. The molecule has 0 spiro atoms. The van der Waals surface area contributed by atoms with Gasteiger partial charge in [0.25, 0.3) is 6.43 Å². The minimum absolute atomic E-state index is 0.0949. The number of benzene rings is 2. The lowest BCUT2D eigenvalue weighted by Gasteiger charge is -2.09. The molecule has 0 atom stereocenters. The first-order chi connectivity index (χ1) is 14.5. The highest BCUT2D eigenvalue weighted by atomic mass is 35.5. The summed E-state index contributed by atoms with van der Waals surface area (Å²) in [6.45, 7) is 2.22. The molecule has 0 fully saturated rings. The predicted octanol–water partition coefficient (Wildman–Crippen LogP) is 5.77. The van der Waals surface area contributed by atoms with Crippen LogP contribution in [0.2, 0.25) is 5.02 Å². The van der Waals surface area contributed by atoms with E-state index < -0.39 is 6.43 Å². The SMILES string of the molecule is Cc1nn(Cc2cccc(Cl)c2)c2nc(-c3ccc4c(c3)OCO4)cc(C(F)F)c12. The minimum atomic E-state index is -2.66. The van der Waals surface area contributed by atoms with Crippen LogP contribution >= 0.6 is 11.6 Å². The molecule has 1 aliphatic heterocycles. The van der Waals surface area contributed by atoms with Crippen molar-refractivity contribution in [2.75, 3.05) is 6.79 Å². The third kappa shape index (κ3) is 3.25. The van der Waals surface area contributed by atoms with Crippen molar-refractivity contribution in [3.8, 4) is 22.8 Å². The molecule has 0 bridgehead atoms. The summed E-state index contributed by atoms with van der Waals surface area (Å²) in [5.41, 5.74) is 2.80. The standard InChI is InChI=1S/C22H16ClF2N3O2/c1-12-20-16(21(24)25)9-17(14-5-6-18-19(8-14)30-11-29-18)26-22(20)28(27-12)10-13-3-2-4-15(23)7-13/h2-9,21H,10-11H2,1H3. The minimum Gasteiger partial charge on any atom is -0.454 e. The summed E-state index contributed by atoms with van der Waals surface area (Å²) in [5.74, 6) is 1.19. The molecule has 0 N–H and O–H groups in total. The van der Waals surface area contributed by atoms with Gasteiger partial charge in [0.15, 0.2) is 17.1 Å². The molecule has 1 aliphatic rings. The second-order valence-electron chi connectivity index (χ2n) is 7.04. The second-order valence-corrected chi connectivity index (χ2v) is 7.47. The maximum absolute atomic E-state index is 14.0. The first-order valence-electron chi connectivity index (χ1n) is 9.30. The molecule has 0 saturated heterocycles. The average Bonchev–Trinajstić information content (AvgIpc) is 3.31. The van der Waals surface area contributed by atoms with Crippen LogP contribution in [0.3, 0.4) is 0 Å². The molecular formula is C22H16ClF2N3O2. The Morgan fingerprint density at radius 3 is 2.73 bits per heavy atom. The van der Waals surface area contributed by atoms with Crippen LogP contribution in [0.25, 0.3) is 22.3 Å². The Bertz CT molecular complexity index is 1270. The summed E-state index contributed by atoms with van der Waals surface area (Å²) < 4.78 is 40.3. The molecule has 3 heterocycles. The van der Waals surface area contributed by atoms with E-state index in [2.05, 4.69) is 5.10 Å². The predicted molar refractivity (Wildman–Crippen MR) is 109 cm³/mol. The van der Waals surface area contributed by atoms with Gasteiger partial charge in [-0.1, -0.05) is 23.7 Å². The van der Waals surface area contributed by atoms with E-state index in [9.17, 15) is 8.78 Å². The van der Waals surface area contributed by atoms with Crippen LogP contribution in [-0.2, 0) is 6.54 Å². The average molecular weight is 428 g/mol. The lowest BCUT2D eigenvalue weighted by Crippen LogP contribution is -2.04. The monoisotopic (exact) mass is 427 g/mol. The van der Waals surface area contributed by atoms with Gasteiger partial charge in [-0.15, -0.1) is 0 Å². The number of rotatable bonds is 4. The van der Waals surface area contributed by atoms with E-state index >= 15 is 0 Å². The molecule has 4 aromatic rings. The van der Waals surface area contributed by atoms with Crippen LogP contribution < -0.4 is 9.47 Å². The maximum Gasteiger partial charge on any atom is 0.264 e. The lowest BCUT2D eigenvalue weighted by atomic mass is 10.1. The fourth-order valence-corrected chi connectivity index (χ4v) is 3.89. The summed E-state index contributed by atoms with van der Waals surface area (Å²) in [5, 5.41) is 5.46. The Balaban J connectivity index is 1.67. The number of ether oxygens (including phenoxy) is 2. The Labute approximate surface area is 175 Å². The van der Waals surface area contributed by atoms with Gasteiger partial charge in [0.1, 0.15) is 0 Å². The number of pyridine rings is 1. The lowest BCUT2D eigenvalue weighted by molar-refractivity contribution is 0.153. The summed E-state index contributed by atoms with van der Waals surface area (Å²) in [4.78, 5) is 4.69. The van der Waals surface area contributed by atoms with Gasteiger partial charge < -0.3 is 9.47 Å². The third-order valence-electron chi connectivity index (χ3n) is 5.03. The molecule has 5 rings (SSSR count). The Hall–Kier alpha value is -3.19. The smallest absolute Gasteiger partial charge is 0.264 e. The summed E-state index contributed by atoms with van der Waals surface area (Å²) in [6.07, 6.45) is -2.66. The van der Waals surface area contributed by atoms with Crippen LogP contribution in [0.15, 0.2) is 48.5 Å². The number of aryl methyl sites for hydroxylation is 1. The molecule has 2 aromatic carbocycles. The maximum atomic E-state index is 14.0. The molecule has 0 unspecified atom stereocenters. The fraction of sp³-hybridized carbons (Fsp3) is 0.182. The highest BCUT2D eigenvalue weighted by Gasteiger charge is 2.22. The second kappa shape index (κ2) is 7.25. The van der Waals surface area contributed by atoms with E-state index in [4.69, 9.17) is 26.1 Å². The van der Waals surface area contributed by atoms with Crippen LogP contribution in [0.5, 0.6) is 11.5 Å². The van der Waals surface area contributed by atoms with E-state index in [1.54, 1.807) is 35.9 Å². The zero-order chi connectivity index (χ0) is 20.8.